The normalized spacial score (nSPS) is 13.5. The van der Waals surface area contributed by atoms with Crippen LogP contribution in [0.4, 0.5) is 4.79 Å². The summed E-state index contributed by atoms with van der Waals surface area (Å²) in [7, 11) is 0. The summed E-state index contributed by atoms with van der Waals surface area (Å²) < 4.78 is 5.55. The molecule has 0 radical (unpaired) electrons. The first-order valence-corrected chi connectivity index (χ1v) is 15.6. The third-order valence-electron chi connectivity index (χ3n) is 7.32. The number of carbonyl (C=O) groups is 3. The molecule has 0 spiro atoms. The van der Waals surface area contributed by atoms with Crippen molar-refractivity contribution >= 4 is 17.9 Å². The lowest BCUT2D eigenvalue weighted by Gasteiger charge is -2.35. The lowest BCUT2D eigenvalue weighted by atomic mass is 9.96. The van der Waals surface area contributed by atoms with E-state index in [1.54, 1.807) is 25.7 Å². The molecule has 0 saturated heterocycles. The molecule has 3 amide bonds. The topological polar surface area (TPSA) is 87.7 Å². The molecule has 2 aromatic rings. The number of aryl methyl sites for hydroxylation is 2. The van der Waals surface area contributed by atoms with Gasteiger partial charge in [-0.3, -0.25) is 9.59 Å². The predicted molar refractivity (Wildman–Crippen MR) is 170 cm³/mol. The summed E-state index contributed by atoms with van der Waals surface area (Å²) in [6, 6.07) is 13.8. The molecule has 0 fully saturated rings. The Morgan fingerprint density at radius 1 is 0.881 bits per heavy atom. The van der Waals surface area contributed by atoms with E-state index in [0.717, 1.165) is 60.8 Å². The molecule has 232 valence electrons. The number of hydrogen-bond donors (Lipinski definition) is 2. The van der Waals surface area contributed by atoms with Crippen molar-refractivity contribution in [3.05, 3.63) is 70.8 Å². The van der Waals surface area contributed by atoms with E-state index in [2.05, 4.69) is 24.5 Å². The molecule has 42 heavy (non-hydrogen) atoms. The molecule has 2 aromatic carbocycles. The van der Waals surface area contributed by atoms with E-state index in [1.165, 1.54) is 0 Å². The van der Waals surface area contributed by atoms with Gasteiger partial charge in [0.05, 0.1) is 0 Å². The number of benzene rings is 2. The fraction of sp³-hybridized carbons (Fsp3) is 0.571. The third-order valence-corrected chi connectivity index (χ3v) is 7.32. The van der Waals surface area contributed by atoms with Crippen LogP contribution in [-0.4, -0.2) is 47.0 Å². The number of rotatable bonds is 15. The van der Waals surface area contributed by atoms with Crippen LogP contribution in [0.5, 0.6) is 0 Å². The summed E-state index contributed by atoms with van der Waals surface area (Å²) >= 11 is 0. The number of hydrogen-bond acceptors (Lipinski definition) is 4. The van der Waals surface area contributed by atoms with Crippen LogP contribution in [-0.2, 0) is 20.7 Å². The minimum atomic E-state index is -0.914. The highest BCUT2D eigenvalue weighted by Crippen LogP contribution is 2.26. The number of unbranched alkanes of at least 4 members (excludes halogenated alkanes) is 3. The van der Waals surface area contributed by atoms with Crippen molar-refractivity contribution in [3.63, 3.8) is 0 Å². The van der Waals surface area contributed by atoms with Crippen molar-refractivity contribution in [2.45, 2.75) is 124 Å². The molecule has 0 bridgehead atoms. The first kappa shape index (κ1) is 34.8. The van der Waals surface area contributed by atoms with Gasteiger partial charge in [0.15, 0.2) is 0 Å². The number of nitrogens with one attached hydrogen (secondary N) is 2. The maximum absolute atomic E-state index is 14.6. The summed E-state index contributed by atoms with van der Waals surface area (Å²) in [5.74, 6) is -0.512. The monoisotopic (exact) mass is 579 g/mol. The number of carbonyl (C=O) groups excluding carboxylic acids is 3. The number of nitrogens with zero attached hydrogens (tertiary/aromatic N) is 1. The van der Waals surface area contributed by atoms with Gasteiger partial charge in [0.2, 0.25) is 11.8 Å². The predicted octanol–water partition coefficient (Wildman–Crippen LogP) is 7.19. The van der Waals surface area contributed by atoms with E-state index in [0.29, 0.717) is 6.54 Å². The highest BCUT2D eigenvalue weighted by Gasteiger charge is 2.36. The molecule has 0 aromatic heterocycles. The fourth-order valence-electron chi connectivity index (χ4n) is 5.01. The quantitative estimate of drug-likeness (QED) is 0.219. The Hall–Kier alpha value is -3.35. The summed E-state index contributed by atoms with van der Waals surface area (Å²) in [5, 5.41) is 6.01. The van der Waals surface area contributed by atoms with Crippen molar-refractivity contribution in [1.29, 1.82) is 0 Å². The minimum Gasteiger partial charge on any atom is -0.444 e. The lowest BCUT2D eigenvalue weighted by Crippen LogP contribution is -2.54. The van der Waals surface area contributed by atoms with Gasteiger partial charge in [0.25, 0.3) is 0 Å². The van der Waals surface area contributed by atoms with Gasteiger partial charge in [-0.15, -0.1) is 0 Å². The Labute approximate surface area is 253 Å². The number of amides is 3. The molecule has 3 atom stereocenters. The smallest absolute Gasteiger partial charge is 0.408 e. The van der Waals surface area contributed by atoms with Crippen LogP contribution in [0.2, 0.25) is 0 Å². The van der Waals surface area contributed by atoms with Crippen molar-refractivity contribution < 1.29 is 19.1 Å². The molecular weight excluding hydrogens is 526 g/mol. The number of alkyl carbamates (subject to hydrolysis) is 1. The van der Waals surface area contributed by atoms with Gasteiger partial charge in [-0.25, -0.2) is 4.79 Å². The van der Waals surface area contributed by atoms with Gasteiger partial charge in [0, 0.05) is 19.0 Å². The molecule has 0 aliphatic rings. The Morgan fingerprint density at radius 3 is 2.17 bits per heavy atom. The van der Waals surface area contributed by atoms with Crippen LogP contribution >= 0.6 is 0 Å². The first-order valence-electron chi connectivity index (χ1n) is 15.6. The second kappa shape index (κ2) is 16.9. The summed E-state index contributed by atoms with van der Waals surface area (Å²) in [4.78, 5) is 43.3. The second-order valence-corrected chi connectivity index (χ2v) is 12.4. The zero-order valence-electron chi connectivity index (χ0n) is 27.1. The van der Waals surface area contributed by atoms with Gasteiger partial charge in [-0.05, 0) is 76.6 Å². The second-order valence-electron chi connectivity index (χ2n) is 12.4. The van der Waals surface area contributed by atoms with Crippen molar-refractivity contribution in [2.75, 3.05) is 6.54 Å². The molecule has 0 aliphatic heterocycles. The summed E-state index contributed by atoms with van der Waals surface area (Å²) in [6.07, 6.45) is 5.19. The van der Waals surface area contributed by atoms with Gasteiger partial charge >= 0.3 is 6.09 Å². The Kier molecular flexibility index (Phi) is 14.1. The van der Waals surface area contributed by atoms with Crippen LogP contribution in [0.15, 0.2) is 48.5 Å². The van der Waals surface area contributed by atoms with Crippen LogP contribution in [0.25, 0.3) is 0 Å². The van der Waals surface area contributed by atoms with E-state index in [-0.39, 0.29) is 24.3 Å². The molecule has 2 rings (SSSR count). The highest BCUT2D eigenvalue weighted by molar-refractivity contribution is 5.92. The molecule has 3 unspecified atom stereocenters. The van der Waals surface area contributed by atoms with Crippen LogP contribution in [0.3, 0.4) is 0 Å². The summed E-state index contributed by atoms with van der Waals surface area (Å²) in [6.45, 7) is 16.0. The fourth-order valence-corrected chi connectivity index (χ4v) is 5.01. The SMILES string of the molecule is CCCCCCN(C(=O)C(Cc1ccccc1)NC(=O)OC(C)(C)C)C(C(=O)NC(C)CCC)c1ccc(C)c(C)c1. The molecule has 7 nitrogen and oxygen atoms in total. The molecule has 2 N–H and O–H groups in total. The van der Waals surface area contributed by atoms with Gasteiger partial charge in [0.1, 0.15) is 17.7 Å². The van der Waals surface area contributed by atoms with Crippen LogP contribution in [0, 0.1) is 13.8 Å². The molecule has 0 aliphatic carbocycles. The largest absolute Gasteiger partial charge is 0.444 e. The Bertz CT molecular complexity index is 1140. The minimum absolute atomic E-state index is 0.0337. The molecule has 0 heterocycles. The van der Waals surface area contributed by atoms with E-state index in [9.17, 15) is 14.4 Å². The van der Waals surface area contributed by atoms with Crippen molar-refractivity contribution in [2.24, 2.45) is 0 Å². The van der Waals surface area contributed by atoms with Crippen LogP contribution < -0.4 is 10.6 Å². The lowest BCUT2D eigenvalue weighted by molar-refractivity contribution is -0.142. The maximum Gasteiger partial charge on any atom is 0.408 e. The summed E-state index contributed by atoms with van der Waals surface area (Å²) in [5.41, 5.74) is 3.12. The van der Waals surface area contributed by atoms with Gasteiger partial charge < -0.3 is 20.3 Å². The van der Waals surface area contributed by atoms with Crippen molar-refractivity contribution in [3.8, 4) is 0 Å². The van der Waals surface area contributed by atoms with Gasteiger partial charge in [-0.1, -0.05) is 88.1 Å². The average molecular weight is 580 g/mol. The molecular formula is C35H53N3O4. The highest BCUT2D eigenvalue weighted by atomic mass is 16.6. The van der Waals surface area contributed by atoms with Crippen molar-refractivity contribution in [1.82, 2.24) is 15.5 Å². The van der Waals surface area contributed by atoms with Crippen LogP contribution in [0.1, 0.15) is 108 Å². The van der Waals surface area contributed by atoms with E-state index in [4.69, 9.17) is 4.74 Å². The zero-order chi connectivity index (χ0) is 31.3. The standard InChI is InChI=1S/C35H53N3O4/c1-9-11-12-16-22-38(31(32(39)36-27(5)17-10-2)29-21-20-25(3)26(4)23-29)33(40)30(24-28-18-14-13-15-19-28)37-34(41)42-35(6,7)8/h13-15,18-21,23,27,30-31H,9-12,16-17,22,24H2,1-8H3,(H,36,39)(H,37,41). The molecule has 7 heteroatoms. The van der Waals surface area contributed by atoms with E-state index >= 15 is 0 Å². The third kappa shape index (κ3) is 11.5. The zero-order valence-corrected chi connectivity index (χ0v) is 27.1. The maximum atomic E-state index is 14.6. The average Bonchev–Trinajstić information content (AvgIpc) is 2.91. The Morgan fingerprint density at radius 2 is 1.57 bits per heavy atom. The van der Waals surface area contributed by atoms with E-state index in [1.807, 2.05) is 69.3 Å². The Balaban J connectivity index is 2.59. The molecule has 0 saturated carbocycles. The van der Waals surface area contributed by atoms with E-state index < -0.39 is 23.8 Å². The number of ether oxygens (including phenoxy) is 1. The van der Waals surface area contributed by atoms with Gasteiger partial charge in [-0.2, -0.15) is 0 Å². The first-order chi connectivity index (χ1) is 19.9.